The number of ether oxygens (including phenoxy) is 1. The molecule has 0 aliphatic carbocycles. The third kappa shape index (κ3) is 3.68. The zero-order valence-corrected chi connectivity index (χ0v) is 11.6. The number of nitrogens with one attached hydrogen (secondary N) is 1. The number of rotatable bonds is 5. The van der Waals surface area contributed by atoms with E-state index in [2.05, 4.69) is 5.32 Å². The summed E-state index contributed by atoms with van der Waals surface area (Å²) in [5, 5.41) is 13.8. The SMILES string of the molecule is O=C(NCC[C@@H]1CCCO1)c1ccc(Cl)cc1[N+](=O)[O-]. The van der Waals surface area contributed by atoms with Gasteiger partial charge in [0.05, 0.1) is 11.0 Å². The van der Waals surface area contributed by atoms with E-state index >= 15 is 0 Å². The minimum absolute atomic E-state index is 0.0201. The maximum Gasteiger partial charge on any atom is 0.283 e. The van der Waals surface area contributed by atoms with Crippen molar-refractivity contribution >= 4 is 23.2 Å². The second-order valence-corrected chi connectivity index (χ2v) is 5.03. The summed E-state index contributed by atoms with van der Waals surface area (Å²) in [5.74, 6) is -0.466. The molecule has 7 heteroatoms. The number of halogens is 1. The lowest BCUT2D eigenvalue weighted by Crippen LogP contribution is -2.27. The van der Waals surface area contributed by atoms with Gasteiger partial charge in [-0.3, -0.25) is 14.9 Å². The van der Waals surface area contributed by atoms with Crippen molar-refractivity contribution in [1.29, 1.82) is 0 Å². The Morgan fingerprint density at radius 1 is 1.55 bits per heavy atom. The molecule has 1 aromatic carbocycles. The van der Waals surface area contributed by atoms with E-state index in [0.717, 1.165) is 19.4 Å². The first-order chi connectivity index (χ1) is 9.58. The van der Waals surface area contributed by atoms with E-state index in [4.69, 9.17) is 16.3 Å². The highest BCUT2D eigenvalue weighted by Crippen LogP contribution is 2.23. The summed E-state index contributed by atoms with van der Waals surface area (Å²) in [7, 11) is 0. The molecule has 1 fully saturated rings. The van der Waals surface area contributed by atoms with Crippen LogP contribution in [0.5, 0.6) is 0 Å². The minimum Gasteiger partial charge on any atom is -0.378 e. The molecular weight excluding hydrogens is 284 g/mol. The smallest absolute Gasteiger partial charge is 0.283 e. The molecule has 0 unspecified atom stereocenters. The molecule has 0 spiro atoms. The van der Waals surface area contributed by atoms with E-state index in [0.29, 0.717) is 13.0 Å². The van der Waals surface area contributed by atoms with Gasteiger partial charge in [0.25, 0.3) is 11.6 Å². The lowest BCUT2D eigenvalue weighted by Gasteiger charge is -2.10. The number of carbonyl (C=O) groups is 1. The fourth-order valence-electron chi connectivity index (χ4n) is 2.16. The topological polar surface area (TPSA) is 81.5 Å². The minimum atomic E-state index is -0.610. The third-order valence-corrected chi connectivity index (χ3v) is 3.41. The molecular formula is C13H15ClN2O4. The zero-order valence-electron chi connectivity index (χ0n) is 10.8. The van der Waals surface area contributed by atoms with E-state index in [-0.39, 0.29) is 22.4 Å². The van der Waals surface area contributed by atoms with Crippen LogP contribution >= 0.6 is 11.6 Å². The number of nitrogens with zero attached hydrogens (tertiary/aromatic N) is 1. The van der Waals surface area contributed by atoms with Crippen molar-refractivity contribution in [3.05, 3.63) is 38.9 Å². The quantitative estimate of drug-likeness (QED) is 0.669. The van der Waals surface area contributed by atoms with Gasteiger partial charge < -0.3 is 10.1 Å². The summed E-state index contributed by atoms with van der Waals surface area (Å²) in [6, 6.07) is 4.00. The third-order valence-electron chi connectivity index (χ3n) is 3.18. The van der Waals surface area contributed by atoms with Crippen LogP contribution in [0.25, 0.3) is 0 Å². The fraction of sp³-hybridized carbons (Fsp3) is 0.462. The maximum atomic E-state index is 12.0. The number of nitro benzene ring substituents is 1. The van der Waals surface area contributed by atoms with E-state index in [1.54, 1.807) is 0 Å². The molecule has 1 amide bonds. The summed E-state index contributed by atoms with van der Waals surface area (Å²) in [4.78, 5) is 22.3. The van der Waals surface area contributed by atoms with Crippen LogP contribution in [0.3, 0.4) is 0 Å². The predicted octanol–water partition coefficient (Wildman–Crippen LogP) is 2.55. The molecule has 0 radical (unpaired) electrons. The normalized spacial score (nSPS) is 17.9. The zero-order chi connectivity index (χ0) is 14.5. The number of hydrogen-bond acceptors (Lipinski definition) is 4. The second-order valence-electron chi connectivity index (χ2n) is 4.60. The second kappa shape index (κ2) is 6.67. The van der Waals surface area contributed by atoms with E-state index in [1.165, 1.54) is 18.2 Å². The van der Waals surface area contributed by atoms with Crippen LogP contribution < -0.4 is 5.32 Å². The van der Waals surface area contributed by atoms with Gasteiger partial charge >= 0.3 is 0 Å². The van der Waals surface area contributed by atoms with Crippen molar-refractivity contribution in [2.75, 3.05) is 13.2 Å². The Balaban J connectivity index is 1.96. The first-order valence-corrected chi connectivity index (χ1v) is 6.79. The number of nitro groups is 1. The number of amides is 1. The Morgan fingerprint density at radius 2 is 2.35 bits per heavy atom. The van der Waals surface area contributed by atoms with Crippen molar-refractivity contribution in [2.24, 2.45) is 0 Å². The van der Waals surface area contributed by atoms with Crippen LogP contribution in [0.2, 0.25) is 5.02 Å². The van der Waals surface area contributed by atoms with Crippen molar-refractivity contribution < 1.29 is 14.5 Å². The summed E-state index contributed by atoms with van der Waals surface area (Å²) >= 11 is 5.70. The molecule has 2 rings (SSSR count). The molecule has 108 valence electrons. The van der Waals surface area contributed by atoms with Crippen LogP contribution in [-0.4, -0.2) is 30.1 Å². The molecule has 20 heavy (non-hydrogen) atoms. The van der Waals surface area contributed by atoms with E-state index in [9.17, 15) is 14.9 Å². The average Bonchev–Trinajstić information content (AvgIpc) is 2.91. The number of benzene rings is 1. The lowest BCUT2D eigenvalue weighted by atomic mass is 10.1. The molecule has 1 saturated heterocycles. The van der Waals surface area contributed by atoms with Gasteiger partial charge in [0.2, 0.25) is 0 Å². The standard InChI is InChI=1S/C13H15ClN2O4/c14-9-3-4-11(12(8-9)16(18)19)13(17)15-6-5-10-2-1-7-20-10/h3-4,8,10H,1-2,5-7H2,(H,15,17)/t10-/m0/s1. The Morgan fingerprint density at radius 3 is 3.00 bits per heavy atom. The molecule has 1 N–H and O–H groups in total. The number of carbonyl (C=O) groups excluding carboxylic acids is 1. The first-order valence-electron chi connectivity index (χ1n) is 6.41. The molecule has 1 atom stereocenters. The van der Waals surface area contributed by atoms with Crippen LogP contribution in [-0.2, 0) is 4.74 Å². The molecule has 1 aromatic rings. The highest BCUT2D eigenvalue weighted by Gasteiger charge is 2.21. The van der Waals surface area contributed by atoms with Gasteiger partial charge in [0.1, 0.15) is 5.56 Å². The van der Waals surface area contributed by atoms with Gasteiger partial charge in [0.15, 0.2) is 0 Å². The average molecular weight is 299 g/mol. The van der Waals surface area contributed by atoms with Gasteiger partial charge in [0, 0.05) is 24.2 Å². The van der Waals surface area contributed by atoms with Gasteiger partial charge in [-0.2, -0.15) is 0 Å². The summed E-state index contributed by atoms with van der Waals surface area (Å²) in [6.07, 6.45) is 2.93. The van der Waals surface area contributed by atoms with Gasteiger partial charge in [-0.1, -0.05) is 11.6 Å². The predicted molar refractivity (Wildman–Crippen MR) is 74.0 cm³/mol. The van der Waals surface area contributed by atoms with Crippen LogP contribution in [0.4, 0.5) is 5.69 Å². The van der Waals surface area contributed by atoms with Gasteiger partial charge in [-0.25, -0.2) is 0 Å². The van der Waals surface area contributed by atoms with Crippen molar-refractivity contribution in [2.45, 2.75) is 25.4 Å². The molecule has 1 aliphatic rings. The van der Waals surface area contributed by atoms with Crippen LogP contribution in [0.15, 0.2) is 18.2 Å². The highest BCUT2D eigenvalue weighted by molar-refractivity contribution is 6.31. The van der Waals surface area contributed by atoms with E-state index in [1.807, 2.05) is 0 Å². The Hall–Kier alpha value is -1.66. The van der Waals surface area contributed by atoms with Crippen molar-refractivity contribution in [1.82, 2.24) is 5.32 Å². The molecule has 6 nitrogen and oxygen atoms in total. The highest BCUT2D eigenvalue weighted by atomic mass is 35.5. The monoisotopic (exact) mass is 298 g/mol. The molecule has 1 heterocycles. The lowest BCUT2D eigenvalue weighted by molar-refractivity contribution is -0.385. The number of hydrogen-bond donors (Lipinski definition) is 1. The van der Waals surface area contributed by atoms with Crippen LogP contribution in [0.1, 0.15) is 29.6 Å². The summed E-state index contributed by atoms with van der Waals surface area (Å²) < 4.78 is 5.44. The van der Waals surface area contributed by atoms with Crippen molar-refractivity contribution in [3.63, 3.8) is 0 Å². The molecule has 0 aromatic heterocycles. The Labute approximate surface area is 121 Å². The summed E-state index contributed by atoms with van der Waals surface area (Å²) in [5.41, 5.74) is -0.265. The van der Waals surface area contributed by atoms with Crippen molar-refractivity contribution in [3.8, 4) is 0 Å². The Kier molecular flexibility index (Phi) is 4.92. The van der Waals surface area contributed by atoms with Gasteiger partial charge in [-0.15, -0.1) is 0 Å². The van der Waals surface area contributed by atoms with E-state index < -0.39 is 10.8 Å². The van der Waals surface area contributed by atoms with Gasteiger partial charge in [-0.05, 0) is 31.4 Å². The molecule has 0 bridgehead atoms. The maximum absolute atomic E-state index is 12.0. The molecule has 0 saturated carbocycles. The first kappa shape index (κ1) is 14.7. The fourth-order valence-corrected chi connectivity index (χ4v) is 2.33. The largest absolute Gasteiger partial charge is 0.378 e. The Bertz CT molecular complexity index is 515. The van der Waals surface area contributed by atoms with Crippen LogP contribution in [0, 0.1) is 10.1 Å². The summed E-state index contributed by atoms with van der Waals surface area (Å²) in [6.45, 7) is 1.20. The molecule has 1 aliphatic heterocycles.